The molecule has 2 atom stereocenters. The lowest BCUT2D eigenvalue weighted by Gasteiger charge is -2.30. The van der Waals surface area contributed by atoms with E-state index in [1.54, 1.807) is 0 Å². The Bertz CT molecular complexity index is 469. The van der Waals surface area contributed by atoms with Crippen molar-refractivity contribution < 1.29 is 9.90 Å². The Labute approximate surface area is 127 Å². The first-order valence-electron chi connectivity index (χ1n) is 8.14. The van der Waals surface area contributed by atoms with Crippen LogP contribution < -0.4 is 5.32 Å². The maximum atomic E-state index is 11.9. The number of carboxylic acids is 1. The van der Waals surface area contributed by atoms with E-state index >= 15 is 0 Å². The number of carbonyl (C=O) groups is 1. The zero-order valence-corrected chi connectivity index (χ0v) is 13.2. The Morgan fingerprint density at radius 2 is 2.00 bits per heavy atom. The third-order valence-corrected chi connectivity index (χ3v) is 4.74. The predicted molar refractivity (Wildman–Crippen MR) is 86.7 cm³/mol. The van der Waals surface area contributed by atoms with Crippen LogP contribution in [0.5, 0.6) is 0 Å². The van der Waals surface area contributed by atoms with Crippen molar-refractivity contribution in [3.05, 3.63) is 29.8 Å². The minimum absolute atomic E-state index is 0.691. The number of aliphatic carboxylic acids is 1. The van der Waals surface area contributed by atoms with E-state index in [1.807, 2.05) is 31.2 Å². The van der Waals surface area contributed by atoms with Crippen molar-refractivity contribution in [3.63, 3.8) is 0 Å². The number of benzene rings is 1. The lowest BCUT2D eigenvalue weighted by Crippen LogP contribution is -2.46. The molecule has 0 saturated heterocycles. The molecule has 2 N–H and O–H groups in total. The second-order valence-electron chi connectivity index (χ2n) is 6.46. The Kier molecular flexibility index (Phi) is 5.27. The van der Waals surface area contributed by atoms with Gasteiger partial charge in [0.05, 0.1) is 0 Å². The molecule has 3 heteroatoms. The molecule has 1 aromatic rings. The molecule has 0 radical (unpaired) electrons. The molecular formula is C18H27NO2. The van der Waals surface area contributed by atoms with Gasteiger partial charge in [-0.2, -0.15) is 0 Å². The highest BCUT2D eigenvalue weighted by Crippen LogP contribution is 2.35. The van der Waals surface area contributed by atoms with E-state index in [0.29, 0.717) is 5.92 Å². The lowest BCUT2D eigenvalue weighted by atomic mass is 9.88. The van der Waals surface area contributed by atoms with Gasteiger partial charge in [0.1, 0.15) is 5.54 Å². The largest absolute Gasteiger partial charge is 0.480 e. The summed E-state index contributed by atoms with van der Waals surface area (Å²) in [5.41, 5.74) is 1.31. The van der Waals surface area contributed by atoms with Gasteiger partial charge in [-0.1, -0.05) is 50.3 Å². The van der Waals surface area contributed by atoms with E-state index < -0.39 is 11.5 Å². The van der Waals surface area contributed by atoms with Crippen LogP contribution in [0.15, 0.2) is 24.3 Å². The number of hydrogen-bond donors (Lipinski definition) is 2. The van der Waals surface area contributed by atoms with E-state index in [9.17, 15) is 9.90 Å². The Balaban J connectivity index is 2.13. The predicted octanol–water partition coefficient (Wildman–Crippen LogP) is 4.61. The quantitative estimate of drug-likeness (QED) is 0.778. The average Bonchev–Trinajstić information content (AvgIpc) is 2.66. The fourth-order valence-electron chi connectivity index (χ4n) is 3.41. The summed E-state index contributed by atoms with van der Waals surface area (Å²) >= 11 is 0. The molecule has 2 rings (SSSR count). The summed E-state index contributed by atoms with van der Waals surface area (Å²) in [5.74, 6) is -0.0173. The van der Waals surface area contributed by atoms with E-state index in [2.05, 4.69) is 12.2 Å². The van der Waals surface area contributed by atoms with Gasteiger partial charge in [0, 0.05) is 5.69 Å². The highest BCUT2D eigenvalue weighted by atomic mass is 16.4. The summed E-state index contributed by atoms with van der Waals surface area (Å²) in [5, 5.41) is 13.1. The van der Waals surface area contributed by atoms with E-state index in [4.69, 9.17) is 0 Å². The SMILES string of the molecule is CCCC1CCCC(Nc2ccc(C)cc2)(C(=O)O)CC1. The highest BCUT2D eigenvalue weighted by Gasteiger charge is 2.40. The number of anilines is 1. The van der Waals surface area contributed by atoms with Gasteiger partial charge < -0.3 is 10.4 Å². The van der Waals surface area contributed by atoms with Gasteiger partial charge in [-0.15, -0.1) is 0 Å². The molecule has 21 heavy (non-hydrogen) atoms. The molecule has 0 heterocycles. The molecule has 1 fully saturated rings. The van der Waals surface area contributed by atoms with Crippen LogP contribution in [-0.2, 0) is 4.79 Å². The first-order valence-corrected chi connectivity index (χ1v) is 8.14. The smallest absolute Gasteiger partial charge is 0.329 e. The summed E-state index contributed by atoms with van der Waals surface area (Å²) in [6.07, 6.45) is 7.03. The van der Waals surface area contributed by atoms with Gasteiger partial charge in [-0.25, -0.2) is 4.79 Å². The highest BCUT2D eigenvalue weighted by molar-refractivity contribution is 5.82. The fourth-order valence-corrected chi connectivity index (χ4v) is 3.41. The van der Waals surface area contributed by atoms with E-state index in [-0.39, 0.29) is 0 Å². The van der Waals surface area contributed by atoms with Crippen molar-refractivity contribution in [3.8, 4) is 0 Å². The topological polar surface area (TPSA) is 49.3 Å². The third-order valence-electron chi connectivity index (χ3n) is 4.74. The third kappa shape index (κ3) is 3.99. The number of carboxylic acid groups (broad SMARTS) is 1. The molecule has 1 aliphatic carbocycles. The summed E-state index contributed by atoms with van der Waals surface area (Å²) in [4.78, 5) is 11.9. The minimum Gasteiger partial charge on any atom is -0.480 e. The molecule has 0 aliphatic heterocycles. The van der Waals surface area contributed by atoms with Crippen molar-refractivity contribution in [1.82, 2.24) is 0 Å². The number of rotatable bonds is 5. The summed E-state index contributed by atoms with van der Waals surface area (Å²) in [7, 11) is 0. The summed E-state index contributed by atoms with van der Waals surface area (Å²) in [6.45, 7) is 4.25. The van der Waals surface area contributed by atoms with Crippen LogP contribution in [-0.4, -0.2) is 16.6 Å². The van der Waals surface area contributed by atoms with Crippen LogP contribution in [0.4, 0.5) is 5.69 Å². The normalized spacial score (nSPS) is 26.1. The molecule has 3 nitrogen and oxygen atoms in total. The van der Waals surface area contributed by atoms with Gasteiger partial charge in [-0.3, -0.25) is 0 Å². The van der Waals surface area contributed by atoms with Crippen LogP contribution in [0.1, 0.15) is 57.4 Å². The molecule has 0 amide bonds. The number of nitrogens with one attached hydrogen (secondary N) is 1. The first-order chi connectivity index (χ1) is 10.1. The zero-order chi connectivity index (χ0) is 15.3. The minimum atomic E-state index is -0.794. The van der Waals surface area contributed by atoms with Crippen molar-refractivity contribution in [1.29, 1.82) is 0 Å². The van der Waals surface area contributed by atoms with Crippen LogP contribution in [0.3, 0.4) is 0 Å². The summed E-state index contributed by atoms with van der Waals surface area (Å²) < 4.78 is 0. The van der Waals surface area contributed by atoms with Crippen molar-refractivity contribution in [2.75, 3.05) is 5.32 Å². The van der Waals surface area contributed by atoms with Crippen molar-refractivity contribution in [2.45, 2.75) is 64.3 Å². The molecule has 1 saturated carbocycles. The maximum Gasteiger partial charge on any atom is 0.329 e. The van der Waals surface area contributed by atoms with Gasteiger partial charge in [0.25, 0.3) is 0 Å². The Hall–Kier alpha value is -1.51. The zero-order valence-electron chi connectivity index (χ0n) is 13.2. The Morgan fingerprint density at radius 3 is 2.62 bits per heavy atom. The van der Waals surface area contributed by atoms with E-state index in [0.717, 1.165) is 31.4 Å². The second kappa shape index (κ2) is 6.97. The molecule has 1 aromatic carbocycles. The van der Waals surface area contributed by atoms with E-state index in [1.165, 1.54) is 24.8 Å². The molecule has 0 spiro atoms. The molecular weight excluding hydrogens is 262 g/mol. The lowest BCUT2D eigenvalue weighted by molar-refractivity contribution is -0.142. The standard InChI is InChI=1S/C18H27NO2/c1-3-5-15-6-4-12-18(13-11-15,17(20)21)19-16-9-7-14(2)8-10-16/h7-10,15,19H,3-6,11-13H2,1-2H3,(H,20,21). The molecule has 0 aromatic heterocycles. The molecule has 0 bridgehead atoms. The maximum absolute atomic E-state index is 11.9. The van der Waals surface area contributed by atoms with Crippen LogP contribution in [0.25, 0.3) is 0 Å². The first kappa shape index (κ1) is 15.9. The number of aryl methyl sites for hydroxylation is 1. The van der Waals surface area contributed by atoms with Crippen LogP contribution >= 0.6 is 0 Å². The molecule has 1 aliphatic rings. The number of hydrogen-bond acceptors (Lipinski definition) is 2. The molecule has 2 unspecified atom stereocenters. The van der Waals surface area contributed by atoms with Crippen molar-refractivity contribution in [2.24, 2.45) is 5.92 Å². The second-order valence-corrected chi connectivity index (χ2v) is 6.46. The summed E-state index contributed by atoms with van der Waals surface area (Å²) in [6, 6.07) is 8.01. The average molecular weight is 289 g/mol. The van der Waals surface area contributed by atoms with Crippen LogP contribution in [0, 0.1) is 12.8 Å². The fraction of sp³-hybridized carbons (Fsp3) is 0.611. The molecule has 116 valence electrons. The van der Waals surface area contributed by atoms with Gasteiger partial charge in [0.2, 0.25) is 0 Å². The van der Waals surface area contributed by atoms with Gasteiger partial charge in [0.15, 0.2) is 0 Å². The van der Waals surface area contributed by atoms with Gasteiger partial charge in [-0.05, 0) is 44.2 Å². The Morgan fingerprint density at radius 1 is 1.29 bits per heavy atom. The van der Waals surface area contributed by atoms with Crippen molar-refractivity contribution >= 4 is 11.7 Å². The van der Waals surface area contributed by atoms with Gasteiger partial charge >= 0.3 is 5.97 Å². The monoisotopic (exact) mass is 289 g/mol. The van der Waals surface area contributed by atoms with Crippen LogP contribution in [0.2, 0.25) is 0 Å².